The third kappa shape index (κ3) is 2.10. The molecule has 13 heavy (non-hydrogen) atoms. The molecule has 0 saturated carbocycles. The Kier molecular flexibility index (Phi) is 3.10. The van der Waals surface area contributed by atoms with Gasteiger partial charge in [-0.2, -0.15) is 5.10 Å². The monoisotopic (exact) mass is 177 g/mol. The van der Waals surface area contributed by atoms with Gasteiger partial charge in [0.05, 0.1) is 17.0 Å². The lowest BCUT2D eigenvalue weighted by atomic mass is 10.2. The Morgan fingerprint density at radius 1 is 1.46 bits per heavy atom. The van der Waals surface area contributed by atoms with Crippen LogP contribution in [-0.4, -0.2) is 16.3 Å². The minimum Gasteiger partial charge on any atom is -0.330 e. The van der Waals surface area contributed by atoms with Gasteiger partial charge in [0.2, 0.25) is 0 Å². The van der Waals surface area contributed by atoms with Crippen molar-refractivity contribution in [1.29, 1.82) is 0 Å². The number of nitrogens with two attached hydrogens (primary N) is 1. The molecule has 0 aromatic carbocycles. The number of hydrogen-bond acceptors (Lipinski definition) is 2. The van der Waals surface area contributed by atoms with Gasteiger partial charge in [0.1, 0.15) is 0 Å². The van der Waals surface area contributed by atoms with E-state index in [1.807, 2.05) is 25.6 Å². The summed E-state index contributed by atoms with van der Waals surface area (Å²) in [6.45, 7) is 4.61. The summed E-state index contributed by atoms with van der Waals surface area (Å²) < 4.78 is 1.85. The summed E-state index contributed by atoms with van der Waals surface area (Å²) in [6, 6.07) is 0. The lowest BCUT2D eigenvalue weighted by Gasteiger charge is -1.91. The van der Waals surface area contributed by atoms with Gasteiger partial charge in [0.15, 0.2) is 0 Å². The predicted molar refractivity (Wildman–Crippen MR) is 53.2 cm³/mol. The van der Waals surface area contributed by atoms with Crippen molar-refractivity contribution in [1.82, 2.24) is 9.78 Å². The SMILES string of the molecule is Cc1nn(C)c(C)c1C#CCCN. The van der Waals surface area contributed by atoms with Crippen molar-refractivity contribution >= 4 is 0 Å². The average Bonchev–Trinajstić information content (AvgIpc) is 2.32. The standard InChI is InChI=1S/C10H15N3/c1-8-10(6-4-5-7-11)9(2)13(3)12-8/h5,7,11H2,1-3H3. The van der Waals surface area contributed by atoms with Crippen LogP contribution in [0.5, 0.6) is 0 Å². The smallest absolute Gasteiger partial charge is 0.0752 e. The van der Waals surface area contributed by atoms with Crippen LogP contribution in [0.3, 0.4) is 0 Å². The van der Waals surface area contributed by atoms with Gasteiger partial charge in [0.25, 0.3) is 0 Å². The highest BCUT2D eigenvalue weighted by Gasteiger charge is 2.05. The van der Waals surface area contributed by atoms with Crippen molar-refractivity contribution in [3.8, 4) is 11.8 Å². The molecule has 3 heteroatoms. The van der Waals surface area contributed by atoms with Crippen molar-refractivity contribution in [3.05, 3.63) is 17.0 Å². The molecule has 0 unspecified atom stereocenters. The molecule has 1 aromatic heterocycles. The Bertz CT molecular complexity index is 352. The Balaban J connectivity index is 2.96. The van der Waals surface area contributed by atoms with E-state index in [0.29, 0.717) is 6.54 Å². The lowest BCUT2D eigenvalue weighted by molar-refractivity contribution is 0.731. The molecule has 0 aliphatic heterocycles. The van der Waals surface area contributed by atoms with E-state index in [4.69, 9.17) is 5.73 Å². The molecule has 0 spiro atoms. The van der Waals surface area contributed by atoms with Crippen LogP contribution in [0.1, 0.15) is 23.4 Å². The van der Waals surface area contributed by atoms with Gasteiger partial charge in [-0.25, -0.2) is 0 Å². The van der Waals surface area contributed by atoms with E-state index in [0.717, 1.165) is 23.4 Å². The first-order valence-corrected chi connectivity index (χ1v) is 4.36. The summed E-state index contributed by atoms with van der Waals surface area (Å²) in [6.07, 6.45) is 0.744. The van der Waals surface area contributed by atoms with Crippen molar-refractivity contribution in [2.45, 2.75) is 20.3 Å². The highest BCUT2D eigenvalue weighted by Crippen LogP contribution is 2.09. The van der Waals surface area contributed by atoms with Crippen molar-refractivity contribution in [2.75, 3.05) is 6.54 Å². The second kappa shape index (κ2) is 4.11. The molecule has 1 aromatic rings. The maximum absolute atomic E-state index is 5.35. The van der Waals surface area contributed by atoms with E-state index in [1.165, 1.54) is 0 Å². The molecule has 0 saturated heterocycles. The molecule has 0 fully saturated rings. The van der Waals surface area contributed by atoms with Gasteiger partial charge in [-0.1, -0.05) is 11.8 Å². The van der Waals surface area contributed by atoms with Crippen molar-refractivity contribution < 1.29 is 0 Å². The van der Waals surface area contributed by atoms with Gasteiger partial charge >= 0.3 is 0 Å². The van der Waals surface area contributed by atoms with Gasteiger partial charge < -0.3 is 5.73 Å². The molecule has 0 bridgehead atoms. The third-order valence-corrected chi connectivity index (χ3v) is 1.99. The minimum absolute atomic E-state index is 0.616. The van der Waals surface area contributed by atoms with Gasteiger partial charge in [0, 0.05) is 20.0 Å². The molecule has 1 heterocycles. The number of aromatic nitrogens is 2. The molecule has 70 valence electrons. The van der Waals surface area contributed by atoms with E-state index in [1.54, 1.807) is 0 Å². The zero-order valence-corrected chi connectivity index (χ0v) is 8.39. The lowest BCUT2D eigenvalue weighted by Crippen LogP contribution is -1.95. The van der Waals surface area contributed by atoms with Crippen LogP contribution in [-0.2, 0) is 7.05 Å². The van der Waals surface area contributed by atoms with Crippen LogP contribution in [0.2, 0.25) is 0 Å². The molecule has 0 amide bonds. The van der Waals surface area contributed by atoms with E-state index in [-0.39, 0.29) is 0 Å². The average molecular weight is 177 g/mol. The first-order valence-electron chi connectivity index (χ1n) is 4.36. The molecule has 3 nitrogen and oxygen atoms in total. The summed E-state index contributed by atoms with van der Waals surface area (Å²) in [7, 11) is 1.93. The molecule has 2 N–H and O–H groups in total. The molecule has 0 aliphatic carbocycles. The Hall–Kier alpha value is -1.27. The summed E-state index contributed by atoms with van der Waals surface area (Å²) >= 11 is 0. The fourth-order valence-electron chi connectivity index (χ4n) is 1.18. The van der Waals surface area contributed by atoms with Crippen LogP contribution < -0.4 is 5.73 Å². The van der Waals surface area contributed by atoms with Gasteiger partial charge in [-0.15, -0.1) is 0 Å². The summed E-state index contributed by atoms with van der Waals surface area (Å²) in [5.74, 6) is 6.11. The number of rotatable bonds is 1. The van der Waals surface area contributed by atoms with E-state index < -0.39 is 0 Å². The number of aryl methyl sites for hydroxylation is 2. The largest absolute Gasteiger partial charge is 0.330 e. The van der Waals surface area contributed by atoms with Crippen molar-refractivity contribution in [3.63, 3.8) is 0 Å². The third-order valence-electron chi connectivity index (χ3n) is 1.99. The normalized spacial score (nSPS) is 9.54. The molecule has 0 atom stereocenters. The summed E-state index contributed by atoms with van der Waals surface area (Å²) in [5.41, 5.74) is 8.49. The topological polar surface area (TPSA) is 43.8 Å². The van der Waals surface area contributed by atoms with Crippen LogP contribution >= 0.6 is 0 Å². The first-order chi connectivity index (χ1) is 6.16. The highest BCUT2D eigenvalue weighted by atomic mass is 15.3. The van der Waals surface area contributed by atoms with E-state index in [2.05, 4.69) is 16.9 Å². The molecule has 0 radical (unpaired) electrons. The van der Waals surface area contributed by atoms with Crippen molar-refractivity contribution in [2.24, 2.45) is 12.8 Å². The fraction of sp³-hybridized carbons (Fsp3) is 0.500. The second-order valence-electron chi connectivity index (χ2n) is 3.01. The quantitative estimate of drug-likeness (QED) is 0.643. The van der Waals surface area contributed by atoms with E-state index >= 15 is 0 Å². The minimum atomic E-state index is 0.616. The van der Waals surface area contributed by atoms with E-state index in [9.17, 15) is 0 Å². The van der Waals surface area contributed by atoms with Crippen LogP contribution in [0, 0.1) is 25.7 Å². The van der Waals surface area contributed by atoms with Crippen LogP contribution in [0.15, 0.2) is 0 Å². The maximum atomic E-state index is 5.35. The maximum Gasteiger partial charge on any atom is 0.0752 e. The fourth-order valence-corrected chi connectivity index (χ4v) is 1.18. The summed E-state index contributed by atoms with van der Waals surface area (Å²) in [4.78, 5) is 0. The number of hydrogen-bond donors (Lipinski definition) is 1. The number of nitrogens with zero attached hydrogens (tertiary/aromatic N) is 2. The zero-order valence-electron chi connectivity index (χ0n) is 8.39. The Morgan fingerprint density at radius 2 is 2.15 bits per heavy atom. The zero-order chi connectivity index (χ0) is 9.84. The molecule has 1 rings (SSSR count). The van der Waals surface area contributed by atoms with Gasteiger partial charge in [-0.05, 0) is 13.8 Å². The highest BCUT2D eigenvalue weighted by molar-refractivity contribution is 5.41. The Morgan fingerprint density at radius 3 is 2.62 bits per heavy atom. The molecular weight excluding hydrogens is 162 g/mol. The molecular formula is C10H15N3. The van der Waals surface area contributed by atoms with Gasteiger partial charge in [-0.3, -0.25) is 4.68 Å². The summed E-state index contributed by atoms with van der Waals surface area (Å²) in [5, 5.41) is 4.27. The van der Waals surface area contributed by atoms with Crippen LogP contribution in [0.4, 0.5) is 0 Å². The first kappa shape index (κ1) is 9.82. The predicted octanol–water partition coefficient (Wildman–Crippen LogP) is 0.737. The Labute approximate surface area is 78.9 Å². The van der Waals surface area contributed by atoms with Crippen LogP contribution in [0.25, 0.3) is 0 Å². The molecule has 0 aliphatic rings. The second-order valence-corrected chi connectivity index (χ2v) is 3.01.